The molecular weight excluding hydrogens is 500 g/mol. The highest BCUT2D eigenvalue weighted by Crippen LogP contribution is 2.28. The van der Waals surface area contributed by atoms with Gasteiger partial charge in [-0.15, -0.1) is 0 Å². The van der Waals surface area contributed by atoms with E-state index in [9.17, 15) is 13.2 Å². The van der Waals surface area contributed by atoms with E-state index in [1.54, 1.807) is 12.1 Å². The molecule has 2 aliphatic heterocycles. The van der Waals surface area contributed by atoms with E-state index in [2.05, 4.69) is 26.9 Å². The average Bonchev–Trinajstić information content (AvgIpc) is 2.89. The summed E-state index contributed by atoms with van der Waals surface area (Å²) in [6.07, 6.45) is 2.24. The van der Waals surface area contributed by atoms with Crippen molar-refractivity contribution >= 4 is 27.3 Å². The normalized spacial score (nSPS) is 21.6. The molecule has 2 heterocycles. The van der Waals surface area contributed by atoms with Crippen LogP contribution in [-0.4, -0.2) is 74.4 Å². The van der Waals surface area contributed by atoms with Gasteiger partial charge in [-0.25, -0.2) is 13.3 Å². The third kappa shape index (κ3) is 6.60. The van der Waals surface area contributed by atoms with Crippen molar-refractivity contribution < 1.29 is 13.2 Å². The number of hydrogen-bond donors (Lipinski definition) is 3. The van der Waals surface area contributed by atoms with E-state index in [-0.39, 0.29) is 29.4 Å². The number of benzene rings is 2. The predicted molar refractivity (Wildman–Crippen MR) is 150 cm³/mol. The van der Waals surface area contributed by atoms with Crippen molar-refractivity contribution in [3.05, 3.63) is 65.0 Å². The number of amides is 1. The van der Waals surface area contributed by atoms with Crippen molar-refractivity contribution in [2.24, 2.45) is 0 Å². The monoisotopic (exact) mass is 538 g/mol. The van der Waals surface area contributed by atoms with Crippen LogP contribution >= 0.6 is 0 Å². The zero-order chi connectivity index (χ0) is 27.3. The van der Waals surface area contributed by atoms with Crippen molar-refractivity contribution in [2.45, 2.75) is 63.2 Å². The van der Waals surface area contributed by atoms with E-state index in [0.717, 1.165) is 43.7 Å². The molecule has 0 radical (unpaired) electrons. The zero-order valence-electron chi connectivity index (χ0n) is 22.4. The molecule has 2 unspecified atom stereocenters. The van der Waals surface area contributed by atoms with E-state index in [0.29, 0.717) is 24.8 Å². The van der Waals surface area contributed by atoms with Crippen LogP contribution in [0.1, 0.15) is 37.8 Å². The molecule has 3 N–H and O–H groups in total. The van der Waals surface area contributed by atoms with Gasteiger partial charge >= 0.3 is 0 Å². The Hall–Kier alpha value is -2.81. The number of hydrogen-bond acceptors (Lipinski definition) is 6. The first-order valence-corrected chi connectivity index (χ1v) is 14.7. The Morgan fingerprint density at radius 3 is 2.47 bits per heavy atom. The van der Waals surface area contributed by atoms with Gasteiger partial charge in [-0.05, 0) is 76.0 Å². The van der Waals surface area contributed by atoms with Gasteiger partial charge in [0.1, 0.15) is 0 Å². The van der Waals surface area contributed by atoms with Crippen LogP contribution in [-0.2, 0) is 21.4 Å². The van der Waals surface area contributed by atoms with Crippen molar-refractivity contribution in [3.8, 4) is 0 Å². The van der Waals surface area contributed by atoms with Crippen LogP contribution in [0.25, 0.3) is 4.85 Å². The van der Waals surface area contributed by atoms with Crippen LogP contribution in [0.5, 0.6) is 0 Å². The fourth-order valence-corrected chi connectivity index (χ4v) is 7.38. The van der Waals surface area contributed by atoms with Gasteiger partial charge in [0.05, 0.1) is 18.0 Å². The third-order valence-corrected chi connectivity index (χ3v) is 9.57. The van der Waals surface area contributed by atoms with Crippen LogP contribution in [0.4, 0.5) is 11.4 Å². The minimum absolute atomic E-state index is 0.114. The number of sulfonamides is 1. The molecule has 2 aromatic rings. The van der Waals surface area contributed by atoms with Gasteiger partial charge in [0.15, 0.2) is 5.69 Å². The van der Waals surface area contributed by atoms with Gasteiger partial charge in [0.2, 0.25) is 15.9 Å². The van der Waals surface area contributed by atoms with Gasteiger partial charge in [-0.1, -0.05) is 24.3 Å². The maximum Gasteiger partial charge on any atom is 0.242 e. The van der Waals surface area contributed by atoms with Gasteiger partial charge in [-0.3, -0.25) is 9.69 Å². The minimum Gasteiger partial charge on any atom is -0.325 e. The summed E-state index contributed by atoms with van der Waals surface area (Å²) in [5.74, 6) is -0.114. The van der Waals surface area contributed by atoms with Crippen molar-refractivity contribution in [1.29, 1.82) is 0 Å². The molecule has 10 heteroatoms. The van der Waals surface area contributed by atoms with Crippen LogP contribution in [0, 0.1) is 13.5 Å². The lowest BCUT2D eigenvalue weighted by Crippen LogP contribution is -2.59. The highest BCUT2D eigenvalue weighted by atomic mass is 32.2. The molecule has 2 fully saturated rings. The number of rotatable bonds is 8. The Bertz CT molecular complexity index is 1270. The molecule has 0 spiro atoms. The molecule has 0 aromatic heterocycles. The SMILES string of the molecule is [C-]#[N+]c1cccc(S(=O)(=O)N2C(C)CN(CC(=O)Nc3cccc(CNC4CCNCC4)c3C)CC2C)c1. The fourth-order valence-electron chi connectivity index (χ4n) is 5.54. The van der Waals surface area contributed by atoms with Gasteiger partial charge < -0.3 is 16.0 Å². The molecule has 2 aliphatic rings. The topological polar surface area (TPSA) is 98.1 Å². The maximum absolute atomic E-state index is 13.4. The Balaban J connectivity index is 1.36. The van der Waals surface area contributed by atoms with E-state index in [1.165, 1.54) is 22.0 Å². The van der Waals surface area contributed by atoms with Crippen LogP contribution in [0.3, 0.4) is 0 Å². The molecule has 2 saturated heterocycles. The molecule has 1 amide bonds. The molecule has 2 aromatic carbocycles. The summed E-state index contributed by atoms with van der Waals surface area (Å²) in [5.41, 5.74) is 3.33. The number of piperazine rings is 1. The second-order valence-corrected chi connectivity index (χ2v) is 12.2. The van der Waals surface area contributed by atoms with Crippen molar-refractivity contribution in [1.82, 2.24) is 19.8 Å². The summed E-state index contributed by atoms with van der Waals surface area (Å²) >= 11 is 0. The van der Waals surface area contributed by atoms with E-state index < -0.39 is 10.0 Å². The summed E-state index contributed by atoms with van der Waals surface area (Å²) < 4.78 is 28.3. The Kier molecular flexibility index (Phi) is 9.18. The van der Waals surface area contributed by atoms with E-state index >= 15 is 0 Å². The zero-order valence-corrected chi connectivity index (χ0v) is 23.2. The number of carbonyl (C=O) groups excluding carboxylic acids is 1. The number of piperidine rings is 1. The number of anilines is 1. The lowest BCUT2D eigenvalue weighted by Gasteiger charge is -2.43. The standard InChI is InChI=1S/C28H38N6O3S/c1-20-17-33(18-21(2)34(20)38(36,37)26-9-6-8-25(15-26)29-4)19-28(35)32-27-10-5-7-23(22(27)3)16-31-24-11-13-30-14-12-24/h5-10,15,20-21,24,30-31H,11-14,16-19H2,1-3H3,(H,32,35). The van der Waals surface area contributed by atoms with Crippen LogP contribution < -0.4 is 16.0 Å². The fraction of sp³-hybridized carbons (Fsp3) is 0.500. The first-order chi connectivity index (χ1) is 18.2. The quantitative estimate of drug-likeness (QED) is 0.447. The summed E-state index contributed by atoms with van der Waals surface area (Å²) in [7, 11) is -3.76. The van der Waals surface area contributed by atoms with Gasteiger partial charge in [0.25, 0.3) is 0 Å². The summed E-state index contributed by atoms with van der Waals surface area (Å²) in [4.78, 5) is 18.5. The van der Waals surface area contributed by atoms with E-state index in [1.807, 2.05) is 37.8 Å². The molecule has 38 heavy (non-hydrogen) atoms. The number of nitrogens with zero attached hydrogens (tertiary/aromatic N) is 3. The molecular formula is C28H38N6O3S. The van der Waals surface area contributed by atoms with Crippen LogP contribution in [0.15, 0.2) is 47.4 Å². The van der Waals surface area contributed by atoms with Gasteiger partial charge in [-0.2, -0.15) is 4.31 Å². The smallest absolute Gasteiger partial charge is 0.242 e. The highest BCUT2D eigenvalue weighted by molar-refractivity contribution is 7.89. The first kappa shape index (κ1) is 28.2. The second kappa shape index (κ2) is 12.4. The lowest BCUT2D eigenvalue weighted by molar-refractivity contribution is -0.118. The van der Waals surface area contributed by atoms with Crippen molar-refractivity contribution in [2.75, 3.05) is 38.0 Å². The summed E-state index contributed by atoms with van der Waals surface area (Å²) in [6.45, 7) is 16.9. The molecule has 204 valence electrons. The Morgan fingerprint density at radius 2 is 1.79 bits per heavy atom. The number of carbonyl (C=O) groups is 1. The largest absolute Gasteiger partial charge is 0.325 e. The van der Waals surface area contributed by atoms with Crippen molar-refractivity contribution in [3.63, 3.8) is 0 Å². The molecule has 2 atom stereocenters. The predicted octanol–water partition coefficient (Wildman–Crippen LogP) is 3.11. The Labute approximate surface area is 226 Å². The molecule has 0 aliphatic carbocycles. The maximum atomic E-state index is 13.4. The minimum atomic E-state index is -3.76. The molecule has 0 bridgehead atoms. The third-order valence-electron chi connectivity index (χ3n) is 7.44. The van der Waals surface area contributed by atoms with Gasteiger partial charge in [0, 0.05) is 43.4 Å². The average molecular weight is 539 g/mol. The molecule has 9 nitrogen and oxygen atoms in total. The molecule has 4 rings (SSSR count). The molecule has 0 saturated carbocycles. The summed E-state index contributed by atoms with van der Waals surface area (Å²) in [5, 5.41) is 10.1. The Morgan fingerprint density at radius 1 is 1.11 bits per heavy atom. The number of nitrogens with one attached hydrogen (secondary N) is 3. The first-order valence-electron chi connectivity index (χ1n) is 13.2. The van der Waals surface area contributed by atoms with E-state index in [4.69, 9.17) is 6.57 Å². The second-order valence-electron chi connectivity index (χ2n) is 10.4. The summed E-state index contributed by atoms with van der Waals surface area (Å²) in [6, 6.07) is 12.0. The van der Waals surface area contributed by atoms with Crippen LogP contribution in [0.2, 0.25) is 0 Å². The lowest BCUT2D eigenvalue weighted by atomic mass is 10.0. The highest BCUT2D eigenvalue weighted by Gasteiger charge is 2.38.